The molecule has 1 aromatic carbocycles. The zero-order chi connectivity index (χ0) is 34.4. The highest BCUT2D eigenvalue weighted by molar-refractivity contribution is 7.90. The number of anilines is 2. The van der Waals surface area contributed by atoms with Crippen LogP contribution in [0.3, 0.4) is 0 Å². The molecule has 1 amide bonds. The number of aliphatic hydroxyl groups excluding tert-OH is 1. The van der Waals surface area contributed by atoms with Crippen LogP contribution in [0.15, 0.2) is 18.2 Å². The van der Waals surface area contributed by atoms with Crippen LogP contribution in [0.2, 0.25) is 10.2 Å². The Hall–Kier alpha value is -2.67. The standard InChI is InChI=1S/C28H39Cl2F3N8O5S/c1-2-20-17-40(26-24(30)37-23(25(34)38-26)27(43)35-7-13-42)11-12-41(20)21-5-9-39(10-6-21)16-18-3-4-19(29)15-22(18)46-14-8-36-47(44,45)28(31,32)33/h3-4,15,20-21,36,42H,2,5-14,16-17H2,1H3,(H2,34,38)(H,35,43)/t20-/m0/s1. The molecule has 3 heterocycles. The van der Waals surface area contributed by atoms with Crippen molar-refractivity contribution in [1.82, 2.24) is 29.8 Å². The molecule has 2 fully saturated rings. The number of ether oxygens (including phenoxy) is 1. The smallest absolute Gasteiger partial charge is 0.492 e. The van der Waals surface area contributed by atoms with Gasteiger partial charge in [0.25, 0.3) is 5.91 Å². The second-order valence-corrected chi connectivity index (χ2v) is 13.8. The summed E-state index contributed by atoms with van der Waals surface area (Å²) >= 11 is 12.6. The maximum absolute atomic E-state index is 12.6. The van der Waals surface area contributed by atoms with Crippen molar-refractivity contribution in [1.29, 1.82) is 0 Å². The first-order chi connectivity index (χ1) is 22.2. The van der Waals surface area contributed by atoms with Gasteiger partial charge in [0.1, 0.15) is 12.4 Å². The molecule has 19 heteroatoms. The second kappa shape index (κ2) is 16.2. The summed E-state index contributed by atoms with van der Waals surface area (Å²) in [7, 11) is -5.45. The largest absolute Gasteiger partial charge is 0.511 e. The number of hydrogen-bond acceptors (Lipinski definition) is 11. The minimum Gasteiger partial charge on any atom is -0.492 e. The Morgan fingerprint density at radius 2 is 1.87 bits per heavy atom. The van der Waals surface area contributed by atoms with Crippen molar-refractivity contribution in [2.45, 2.75) is 50.3 Å². The van der Waals surface area contributed by atoms with E-state index in [9.17, 15) is 26.4 Å². The number of amides is 1. The Balaban J connectivity index is 1.31. The summed E-state index contributed by atoms with van der Waals surface area (Å²) in [5.41, 5.74) is 1.36. The molecule has 13 nitrogen and oxygen atoms in total. The van der Waals surface area contributed by atoms with Gasteiger partial charge >= 0.3 is 15.5 Å². The van der Waals surface area contributed by atoms with Crippen LogP contribution in [0.5, 0.6) is 5.75 Å². The molecule has 0 bridgehead atoms. The lowest BCUT2D eigenvalue weighted by atomic mass is 9.97. The average Bonchev–Trinajstić information content (AvgIpc) is 3.03. The van der Waals surface area contributed by atoms with Crippen molar-refractivity contribution in [3.05, 3.63) is 39.6 Å². The lowest BCUT2D eigenvalue weighted by Crippen LogP contribution is -2.58. The fraction of sp³-hybridized carbons (Fsp3) is 0.607. The minimum atomic E-state index is -5.45. The zero-order valence-electron chi connectivity index (χ0n) is 25.8. The van der Waals surface area contributed by atoms with Crippen LogP contribution in [0.4, 0.5) is 24.8 Å². The molecule has 4 rings (SSSR count). The Kier molecular flexibility index (Phi) is 12.8. The number of hydrogen-bond donors (Lipinski definition) is 4. The van der Waals surface area contributed by atoms with Crippen LogP contribution in [-0.2, 0) is 16.6 Å². The Morgan fingerprint density at radius 1 is 1.15 bits per heavy atom. The van der Waals surface area contributed by atoms with Gasteiger partial charge in [-0.15, -0.1) is 0 Å². The van der Waals surface area contributed by atoms with Crippen LogP contribution in [-0.4, -0.2) is 116 Å². The van der Waals surface area contributed by atoms with E-state index in [0.29, 0.717) is 42.3 Å². The maximum atomic E-state index is 12.6. The minimum absolute atomic E-state index is 0.0389. The van der Waals surface area contributed by atoms with Crippen molar-refractivity contribution in [3.8, 4) is 5.75 Å². The average molecular weight is 728 g/mol. The topological polar surface area (TPSA) is 166 Å². The molecule has 0 saturated carbocycles. The molecule has 262 valence electrons. The summed E-state index contributed by atoms with van der Waals surface area (Å²) in [4.78, 5) is 27.7. The van der Waals surface area contributed by atoms with E-state index in [-0.39, 0.29) is 42.5 Å². The van der Waals surface area contributed by atoms with Gasteiger partial charge in [0.05, 0.1) is 6.61 Å². The number of rotatable bonds is 13. The zero-order valence-corrected chi connectivity index (χ0v) is 28.1. The van der Waals surface area contributed by atoms with E-state index in [1.54, 1.807) is 18.2 Å². The molecule has 2 aliphatic heterocycles. The van der Waals surface area contributed by atoms with E-state index >= 15 is 0 Å². The number of carbonyl (C=O) groups excluding carboxylic acids is 1. The van der Waals surface area contributed by atoms with Gasteiger partial charge in [-0.2, -0.15) is 13.2 Å². The van der Waals surface area contributed by atoms with E-state index in [2.05, 4.69) is 32.0 Å². The van der Waals surface area contributed by atoms with Gasteiger partial charge in [-0.1, -0.05) is 36.2 Å². The van der Waals surface area contributed by atoms with E-state index in [1.807, 2.05) is 4.90 Å². The van der Waals surface area contributed by atoms with E-state index in [4.69, 9.17) is 38.8 Å². The fourth-order valence-corrected chi connectivity index (χ4v) is 6.73. The Morgan fingerprint density at radius 3 is 2.53 bits per heavy atom. The molecule has 1 atom stereocenters. The first kappa shape index (κ1) is 37.2. The fourth-order valence-electron chi connectivity index (χ4n) is 5.81. The number of nitrogens with zero attached hydrogens (tertiary/aromatic N) is 5. The number of benzene rings is 1. The predicted octanol–water partition coefficient (Wildman–Crippen LogP) is 2.47. The number of likely N-dealkylation sites (tertiary alicyclic amines) is 1. The number of nitrogens with two attached hydrogens (primary N) is 1. The van der Waals surface area contributed by atoms with Gasteiger partial charge < -0.3 is 25.8 Å². The first-order valence-electron chi connectivity index (χ1n) is 15.2. The highest BCUT2D eigenvalue weighted by atomic mass is 35.5. The van der Waals surface area contributed by atoms with Crippen molar-refractivity contribution in [2.75, 3.05) is 69.7 Å². The number of nitrogen functional groups attached to an aromatic ring is 1. The lowest BCUT2D eigenvalue weighted by Gasteiger charge is -2.47. The number of alkyl halides is 3. The van der Waals surface area contributed by atoms with E-state index in [1.165, 1.54) is 4.72 Å². The normalized spacial score (nSPS) is 18.8. The van der Waals surface area contributed by atoms with E-state index < -0.39 is 28.0 Å². The summed E-state index contributed by atoms with van der Waals surface area (Å²) in [6.45, 7) is 5.33. The second-order valence-electron chi connectivity index (χ2n) is 11.2. The Labute approximate surface area is 281 Å². The van der Waals surface area contributed by atoms with Gasteiger partial charge in [-0.05, 0) is 44.5 Å². The van der Waals surface area contributed by atoms with E-state index in [0.717, 1.165) is 44.5 Å². The quantitative estimate of drug-likeness (QED) is 0.224. The maximum Gasteiger partial charge on any atom is 0.511 e. The SMILES string of the molecule is CC[C@H]1CN(c2nc(N)c(C(=O)NCCO)nc2Cl)CCN1C1CCN(Cc2ccc(Cl)cc2OCCNS(=O)(=O)C(F)(F)F)CC1. The van der Waals surface area contributed by atoms with Crippen molar-refractivity contribution < 1.29 is 36.2 Å². The lowest BCUT2D eigenvalue weighted by molar-refractivity contribution is -0.0448. The number of aliphatic hydroxyl groups is 1. The van der Waals surface area contributed by atoms with Crippen LogP contribution in [0.1, 0.15) is 42.2 Å². The molecule has 0 radical (unpaired) electrons. The third-order valence-corrected chi connectivity index (χ3v) is 9.86. The molecular formula is C28H39Cl2F3N8O5S. The molecule has 1 aromatic heterocycles. The van der Waals surface area contributed by atoms with Crippen LogP contribution >= 0.6 is 23.2 Å². The highest BCUT2D eigenvalue weighted by Crippen LogP contribution is 2.31. The third kappa shape index (κ3) is 9.49. The van der Waals surface area contributed by atoms with Crippen LogP contribution < -0.4 is 25.4 Å². The number of piperazine rings is 1. The molecule has 2 aromatic rings. The molecule has 0 spiro atoms. The van der Waals surface area contributed by atoms with Gasteiger partial charge in [0, 0.05) is 61.9 Å². The van der Waals surface area contributed by atoms with Gasteiger partial charge in [0.15, 0.2) is 22.5 Å². The van der Waals surface area contributed by atoms with Gasteiger partial charge in [-0.3, -0.25) is 14.6 Å². The Bertz CT molecular complexity index is 1500. The van der Waals surface area contributed by atoms with Crippen LogP contribution in [0, 0.1) is 0 Å². The number of halogens is 5. The predicted molar refractivity (Wildman–Crippen MR) is 172 cm³/mol. The number of sulfonamides is 1. The summed E-state index contributed by atoms with van der Waals surface area (Å²) in [5.74, 6) is 0.210. The number of piperidine rings is 1. The molecular weight excluding hydrogens is 688 g/mol. The van der Waals surface area contributed by atoms with Crippen molar-refractivity contribution in [3.63, 3.8) is 0 Å². The first-order valence-corrected chi connectivity index (χ1v) is 17.4. The summed E-state index contributed by atoms with van der Waals surface area (Å²) in [6, 6.07) is 5.64. The molecule has 2 aliphatic rings. The number of nitrogens with one attached hydrogen (secondary N) is 2. The van der Waals surface area contributed by atoms with Gasteiger partial charge in [0.2, 0.25) is 0 Å². The molecule has 47 heavy (non-hydrogen) atoms. The number of carbonyl (C=O) groups is 1. The number of aromatic nitrogens is 2. The monoisotopic (exact) mass is 726 g/mol. The highest BCUT2D eigenvalue weighted by Gasteiger charge is 2.45. The summed E-state index contributed by atoms with van der Waals surface area (Å²) < 4.78 is 67.3. The van der Waals surface area contributed by atoms with Gasteiger partial charge in [-0.25, -0.2) is 23.1 Å². The summed E-state index contributed by atoms with van der Waals surface area (Å²) in [6.07, 6.45) is 2.73. The van der Waals surface area contributed by atoms with Crippen LogP contribution in [0.25, 0.3) is 0 Å². The third-order valence-electron chi connectivity index (χ3n) is 8.18. The molecule has 0 aliphatic carbocycles. The summed E-state index contributed by atoms with van der Waals surface area (Å²) in [5, 5.41) is 11.9. The molecule has 5 N–H and O–H groups in total. The molecule has 0 unspecified atom stereocenters. The van der Waals surface area contributed by atoms with Crippen molar-refractivity contribution >= 4 is 50.8 Å². The molecule has 2 saturated heterocycles. The van der Waals surface area contributed by atoms with Crippen molar-refractivity contribution in [2.24, 2.45) is 0 Å².